The van der Waals surface area contributed by atoms with E-state index in [1.54, 1.807) is 12.1 Å². The van der Waals surface area contributed by atoms with Crippen LogP contribution in [-0.2, 0) is 20.9 Å². The maximum absolute atomic E-state index is 12.7. The minimum Gasteiger partial charge on any atom is -0.347 e. The predicted molar refractivity (Wildman–Crippen MR) is 104 cm³/mol. The molecule has 0 heterocycles. The third-order valence-electron chi connectivity index (χ3n) is 4.11. The monoisotopic (exact) mass is 384 g/mol. The first-order chi connectivity index (χ1) is 12.9. The molecule has 27 heavy (non-hydrogen) atoms. The van der Waals surface area contributed by atoms with Crippen LogP contribution in [0.4, 0.5) is 0 Å². The molecule has 0 aromatic heterocycles. The van der Waals surface area contributed by atoms with Crippen LogP contribution in [0.3, 0.4) is 0 Å². The Hall–Kier alpha value is -2.74. The smallest absolute Gasteiger partial charge is 0.333 e. The van der Waals surface area contributed by atoms with Crippen molar-refractivity contribution in [2.24, 2.45) is 5.14 Å². The van der Waals surface area contributed by atoms with Crippen LogP contribution in [0.25, 0.3) is 10.8 Å². The van der Waals surface area contributed by atoms with Gasteiger partial charge in [-0.15, -0.1) is 0 Å². The maximum Gasteiger partial charge on any atom is 0.333 e. The zero-order chi connectivity index (χ0) is 19.3. The summed E-state index contributed by atoms with van der Waals surface area (Å²) in [6, 6.07) is 22.0. The van der Waals surface area contributed by atoms with E-state index in [-0.39, 0.29) is 12.5 Å². The zero-order valence-electron chi connectivity index (χ0n) is 14.5. The quantitative estimate of drug-likeness (QED) is 0.653. The highest BCUT2D eigenvalue weighted by molar-refractivity contribution is 7.84. The maximum atomic E-state index is 12.7. The number of rotatable bonds is 7. The number of fused-ring (bicyclic) bond motifs is 1. The molecule has 1 atom stereocenters. The Morgan fingerprint density at radius 2 is 1.63 bits per heavy atom. The van der Waals surface area contributed by atoms with E-state index < -0.39 is 16.3 Å². The molecule has 0 aliphatic heterocycles. The van der Waals surface area contributed by atoms with Gasteiger partial charge in [-0.3, -0.25) is 8.98 Å². The van der Waals surface area contributed by atoms with Crippen LogP contribution in [-0.4, -0.2) is 27.0 Å². The van der Waals surface area contributed by atoms with Crippen LogP contribution in [0.2, 0.25) is 0 Å². The second kappa shape index (κ2) is 8.30. The Bertz CT molecular complexity index is 1040. The third kappa shape index (κ3) is 5.62. The van der Waals surface area contributed by atoms with Gasteiger partial charge in [0.05, 0.1) is 12.6 Å². The summed E-state index contributed by atoms with van der Waals surface area (Å²) in [7, 11) is -4.09. The van der Waals surface area contributed by atoms with E-state index in [2.05, 4.69) is 5.32 Å². The van der Waals surface area contributed by atoms with Gasteiger partial charge < -0.3 is 5.32 Å². The Morgan fingerprint density at radius 3 is 2.33 bits per heavy atom. The summed E-state index contributed by atoms with van der Waals surface area (Å²) >= 11 is 0. The lowest BCUT2D eigenvalue weighted by Crippen LogP contribution is -2.41. The average Bonchev–Trinajstić information content (AvgIpc) is 2.66. The molecule has 3 aromatic carbocycles. The first kappa shape index (κ1) is 19.0. The van der Waals surface area contributed by atoms with Gasteiger partial charge in [-0.25, -0.2) is 5.14 Å². The second-order valence-corrected chi connectivity index (χ2v) is 7.42. The first-order valence-corrected chi connectivity index (χ1v) is 9.88. The average molecular weight is 384 g/mol. The standard InChI is InChI=1S/C20H20N2O4S/c21-27(24,25)26-14-19(12-15-6-2-1-3-7-15)22-20(23)18-11-10-16-8-4-5-9-17(16)13-18/h1-11,13,19H,12,14H2,(H,22,23)(H2,21,24,25). The van der Waals surface area contributed by atoms with E-state index >= 15 is 0 Å². The number of hydrogen-bond donors (Lipinski definition) is 2. The van der Waals surface area contributed by atoms with Gasteiger partial charge in [-0.05, 0) is 34.9 Å². The van der Waals surface area contributed by atoms with Crippen molar-refractivity contribution in [3.63, 3.8) is 0 Å². The van der Waals surface area contributed by atoms with E-state index in [0.717, 1.165) is 16.3 Å². The largest absolute Gasteiger partial charge is 0.347 e. The lowest BCUT2D eigenvalue weighted by molar-refractivity contribution is 0.0922. The molecule has 3 rings (SSSR count). The van der Waals surface area contributed by atoms with E-state index in [1.165, 1.54) is 0 Å². The summed E-state index contributed by atoms with van der Waals surface area (Å²) in [4.78, 5) is 12.7. The van der Waals surface area contributed by atoms with Crippen molar-refractivity contribution in [2.45, 2.75) is 12.5 Å². The molecule has 1 unspecified atom stereocenters. The topological polar surface area (TPSA) is 98.5 Å². The molecule has 0 saturated heterocycles. The summed E-state index contributed by atoms with van der Waals surface area (Å²) in [5, 5.41) is 9.74. The molecule has 0 aliphatic carbocycles. The first-order valence-electron chi connectivity index (χ1n) is 8.41. The van der Waals surface area contributed by atoms with E-state index in [9.17, 15) is 13.2 Å². The van der Waals surface area contributed by atoms with Crippen molar-refractivity contribution in [1.82, 2.24) is 5.32 Å². The fraction of sp³-hybridized carbons (Fsp3) is 0.150. The lowest BCUT2D eigenvalue weighted by Gasteiger charge is -2.18. The molecule has 1 amide bonds. The van der Waals surface area contributed by atoms with E-state index in [0.29, 0.717) is 12.0 Å². The van der Waals surface area contributed by atoms with Crippen molar-refractivity contribution >= 4 is 27.0 Å². The van der Waals surface area contributed by atoms with E-state index in [4.69, 9.17) is 9.32 Å². The van der Waals surface area contributed by atoms with Gasteiger partial charge in [0.25, 0.3) is 5.91 Å². The van der Waals surface area contributed by atoms with E-state index in [1.807, 2.05) is 60.7 Å². The highest BCUT2D eigenvalue weighted by Gasteiger charge is 2.17. The summed E-state index contributed by atoms with van der Waals surface area (Å²) in [5.41, 5.74) is 1.43. The molecule has 0 radical (unpaired) electrons. The molecule has 0 fully saturated rings. The van der Waals surface area contributed by atoms with Gasteiger partial charge in [0, 0.05) is 5.56 Å². The molecule has 0 aliphatic rings. The van der Waals surface area contributed by atoms with Crippen molar-refractivity contribution in [3.05, 3.63) is 83.9 Å². The number of amides is 1. The Labute approximate surface area is 158 Å². The summed E-state index contributed by atoms with van der Waals surface area (Å²) in [6.07, 6.45) is 0.412. The number of hydrogen-bond acceptors (Lipinski definition) is 4. The number of benzene rings is 3. The third-order valence-corrected chi connectivity index (χ3v) is 4.57. The number of nitrogens with two attached hydrogens (primary N) is 1. The Kier molecular flexibility index (Phi) is 5.85. The molecule has 0 bridgehead atoms. The molecule has 7 heteroatoms. The van der Waals surface area contributed by atoms with Gasteiger partial charge in [0.2, 0.25) is 0 Å². The van der Waals surface area contributed by atoms with Crippen LogP contribution >= 0.6 is 0 Å². The molecule has 3 N–H and O–H groups in total. The summed E-state index contributed by atoms with van der Waals surface area (Å²) in [5.74, 6) is -0.306. The highest BCUT2D eigenvalue weighted by atomic mass is 32.2. The van der Waals surface area contributed by atoms with Crippen molar-refractivity contribution in [1.29, 1.82) is 0 Å². The molecule has 140 valence electrons. The van der Waals surface area contributed by atoms with Crippen LogP contribution in [0.5, 0.6) is 0 Å². The Balaban J connectivity index is 1.77. The minimum absolute atomic E-state index is 0.243. The molecule has 3 aromatic rings. The molecular weight excluding hydrogens is 364 g/mol. The molecular formula is C20H20N2O4S. The van der Waals surface area contributed by atoms with Crippen molar-refractivity contribution in [2.75, 3.05) is 6.61 Å². The Morgan fingerprint density at radius 1 is 0.963 bits per heavy atom. The van der Waals surface area contributed by atoms with Gasteiger partial charge in [-0.2, -0.15) is 8.42 Å². The lowest BCUT2D eigenvalue weighted by atomic mass is 10.0. The number of carbonyl (C=O) groups excluding carboxylic acids is 1. The van der Waals surface area contributed by atoms with Gasteiger partial charge in [0.1, 0.15) is 0 Å². The normalized spacial score (nSPS) is 12.6. The number of carbonyl (C=O) groups is 1. The van der Waals surface area contributed by atoms with Crippen LogP contribution in [0.15, 0.2) is 72.8 Å². The van der Waals surface area contributed by atoms with Crippen molar-refractivity contribution in [3.8, 4) is 0 Å². The predicted octanol–water partition coefficient (Wildman–Crippen LogP) is 2.40. The fourth-order valence-corrected chi connectivity index (χ4v) is 3.18. The molecule has 0 spiro atoms. The van der Waals surface area contributed by atoms with Crippen LogP contribution < -0.4 is 10.5 Å². The van der Waals surface area contributed by atoms with Crippen molar-refractivity contribution < 1.29 is 17.4 Å². The molecule has 6 nitrogen and oxygen atoms in total. The van der Waals surface area contributed by atoms with Gasteiger partial charge in [-0.1, -0.05) is 60.7 Å². The van der Waals surface area contributed by atoms with Crippen LogP contribution in [0.1, 0.15) is 15.9 Å². The van der Waals surface area contributed by atoms with Gasteiger partial charge in [0.15, 0.2) is 0 Å². The summed E-state index contributed by atoms with van der Waals surface area (Å²) < 4.78 is 27.0. The zero-order valence-corrected chi connectivity index (χ0v) is 15.4. The summed E-state index contributed by atoms with van der Waals surface area (Å²) in [6.45, 7) is -0.243. The second-order valence-electron chi connectivity index (χ2n) is 6.20. The fourth-order valence-electron chi connectivity index (χ4n) is 2.83. The SMILES string of the molecule is NS(=O)(=O)OCC(Cc1ccccc1)NC(=O)c1ccc2ccccc2c1. The molecule has 0 saturated carbocycles. The minimum atomic E-state index is -4.09. The number of nitrogens with one attached hydrogen (secondary N) is 1. The van der Waals surface area contributed by atoms with Crippen LogP contribution in [0, 0.1) is 0 Å². The highest BCUT2D eigenvalue weighted by Crippen LogP contribution is 2.16. The van der Waals surface area contributed by atoms with Gasteiger partial charge >= 0.3 is 10.3 Å².